The fraction of sp³-hybridized carbons (Fsp3) is 0.0714. The predicted octanol–water partition coefficient (Wildman–Crippen LogP) is 3.80. The SMILES string of the molecule is Brc1ccc2c(c1)CN(c1ccccc1)N=C2. The van der Waals surface area contributed by atoms with Gasteiger partial charge in [0.25, 0.3) is 0 Å². The van der Waals surface area contributed by atoms with Crippen LogP contribution in [0.2, 0.25) is 0 Å². The Morgan fingerprint density at radius 2 is 1.88 bits per heavy atom. The first-order valence-corrected chi connectivity index (χ1v) is 6.27. The van der Waals surface area contributed by atoms with E-state index >= 15 is 0 Å². The van der Waals surface area contributed by atoms with Gasteiger partial charge in [-0.1, -0.05) is 40.2 Å². The lowest BCUT2D eigenvalue weighted by molar-refractivity contribution is 0.842. The second kappa shape index (κ2) is 4.34. The van der Waals surface area contributed by atoms with Crippen molar-refractivity contribution in [2.24, 2.45) is 5.10 Å². The Hall–Kier alpha value is -1.61. The molecular weight excluding hydrogens is 276 g/mol. The van der Waals surface area contributed by atoms with Crippen LogP contribution in [0.5, 0.6) is 0 Å². The maximum atomic E-state index is 4.46. The van der Waals surface area contributed by atoms with E-state index in [-0.39, 0.29) is 0 Å². The number of fused-ring (bicyclic) bond motifs is 1. The van der Waals surface area contributed by atoms with Crippen molar-refractivity contribution in [2.45, 2.75) is 6.54 Å². The lowest BCUT2D eigenvalue weighted by Gasteiger charge is -2.24. The molecule has 3 heteroatoms. The fourth-order valence-corrected chi connectivity index (χ4v) is 2.34. The minimum Gasteiger partial charge on any atom is -0.261 e. The van der Waals surface area contributed by atoms with Crippen LogP contribution in [0.3, 0.4) is 0 Å². The van der Waals surface area contributed by atoms with Crippen molar-refractivity contribution >= 4 is 27.8 Å². The van der Waals surface area contributed by atoms with Crippen molar-refractivity contribution in [2.75, 3.05) is 5.01 Å². The summed E-state index contributed by atoms with van der Waals surface area (Å²) in [4.78, 5) is 0. The van der Waals surface area contributed by atoms with Crippen molar-refractivity contribution in [1.29, 1.82) is 0 Å². The van der Waals surface area contributed by atoms with Gasteiger partial charge in [-0.25, -0.2) is 0 Å². The monoisotopic (exact) mass is 286 g/mol. The largest absolute Gasteiger partial charge is 0.261 e. The zero-order valence-corrected chi connectivity index (χ0v) is 10.8. The molecule has 2 aromatic carbocycles. The molecule has 2 nitrogen and oxygen atoms in total. The van der Waals surface area contributed by atoms with Crippen molar-refractivity contribution in [1.82, 2.24) is 0 Å². The van der Waals surface area contributed by atoms with Gasteiger partial charge in [-0.15, -0.1) is 0 Å². The molecular formula is C14H11BrN2. The first-order valence-electron chi connectivity index (χ1n) is 5.48. The molecule has 3 rings (SSSR count). The molecule has 1 aliphatic heterocycles. The molecule has 1 heterocycles. The second-order valence-corrected chi connectivity index (χ2v) is 4.90. The van der Waals surface area contributed by atoms with E-state index in [1.807, 2.05) is 35.5 Å². The van der Waals surface area contributed by atoms with Gasteiger partial charge in [0.2, 0.25) is 0 Å². The maximum absolute atomic E-state index is 4.46. The summed E-state index contributed by atoms with van der Waals surface area (Å²) in [5.74, 6) is 0. The summed E-state index contributed by atoms with van der Waals surface area (Å²) in [7, 11) is 0. The van der Waals surface area contributed by atoms with Crippen molar-refractivity contribution in [3.8, 4) is 0 Å². The lowest BCUT2D eigenvalue weighted by atomic mass is 10.1. The third-order valence-electron chi connectivity index (χ3n) is 2.82. The lowest BCUT2D eigenvalue weighted by Crippen LogP contribution is -2.20. The normalized spacial score (nSPS) is 13.6. The Labute approximate surface area is 109 Å². The minimum absolute atomic E-state index is 0.815. The van der Waals surface area contributed by atoms with Crippen LogP contribution in [-0.4, -0.2) is 6.21 Å². The number of para-hydroxylation sites is 1. The summed E-state index contributed by atoms with van der Waals surface area (Å²) in [5.41, 5.74) is 3.60. The van der Waals surface area contributed by atoms with E-state index in [1.54, 1.807) is 0 Å². The van der Waals surface area contributed by atoms with E-state index in [4.69, 9.17) is 0 Å². The molecule has 0 radical (unpaired) electrons. The topological polar surface area (TPSA) is 15.6 Å². The molecule has 0 saturated carbocycles. The molecule has 0 aromatic heterocycles. The van der Waals surface area contributed by atoms with Gasteiger partial charge in [0, 0.05) is 4.47 Å². The standard InChI is InChI=1S/C14H11BrN2/c15-13-7-6-11-9-16-17(10-12(11)8-13)14-4-2-1-3-5-14/h1-9H,10H2. The molecule has 0 unspecified atom stereocenters. The summed E-state index contributed by atoms with van der Waals surface area (Å²) in [5, 5.41) is 6.47. The van der Waals surface area contributed by atoms with E-state index < -0.39 is 0 Å². The summed E-state index contributed by atoms with van der Waals surface area (Å²) in [6.07, 6.45) is 1.91. The van der Waals surface area contributed by atoms with E-state index in [9.17, 15) is 0 Å². The highest BCUT2D eigenvalue weighted by Gasteiger charge is 2.13. The number of rotatable bonds is 1. The second-order valence-electron chi connectivity index (χ2n) is 3.98. The number of anilines is 1. The molecule has 0 fully saturated rings. The molecule has 2 aromatic rings. The Kier molecular flexibility index (Phi) is 2.69. The molecule has 84 valence electrons. The molecule has 0 N–H and O–H groups in total. The quantitative estimate of drug-likeness (QED) is 0.779. The number of halogens is 1. The Bertz CT molecular complexity index is 564. The molecule has 0 bridgehead atoms. The number of hydrogen-bond donors (Lipinski definition) is 0. The van der Waals surface area contributed by atoms with Crippen molar-refractivity contribution in [3.63, 3.8) is 0 Å². The van der Waals surface area contributed by atoms with E-state index in [2.05, 4.69) is 45.3 Å². The third-order valence-corrected chi connectivity index (χ3v) is 3.31. The molecule has 0 atom stereocenters. The fourth-order valence-electron chi connectivity index (χ4n) is 1.93. The number of benzene rings is 2. The van der Waals surface area contributed by atoms with Crippen LogP contribution in [0.25, 0.3) is 0 Å². The van der Waals surface area contributed by atoms with Crippen LogP contribution >= 0.6 is 15.9 Å². The number of hydrogen-bond acceptors (Lipinski definition) is 2. The van der Waals surface area contributed by atoms with Gasteiger partial charge in [-0.05, 0) is 35.4 Å². The third kappa shape index (κ3) is 2.11. The molecule has 0 saturated heterocycles. The van der Waals surface area contributed by atoms with Crippen LogP contribution < -0.4 is 5.01 Å². The molecule has 1 aliphatic rings. The number of nitrogens with zero attached hydrogens (tertiary/aromatic N) is 2. The first-order chi connectivity index (χ1) is 8.33. The highest BCUT2D eigenvalue weighted by Crippen LogP contribution is 2.24. The average Bonchev–Trinajstić information content (AvgIpc) is 2.39. The van der Waals surface area contributed by atoms with E-state index in [0.717, 1.165) is 16.7 Å². The van der Waals surface area contributed by atoms with Gasteiger partial charge in [0.1, 0.15) is 0 Å². The van der Waals surface area contributed by atoms with Crippen LogP contribution in [0.4, 0.5) is 5.69 Å². The van der Waals surface area contributed by atoms with Crippen LogP contribution in [-0.2, 0) is 6.54 Å². The summed E-state index contributed by atoms with van der Waals surface area (Å²) in [6.45, 7) is 0.815. The van der Waals surface area contributed by atoms with Gasteiger partial charge in [0.15, 0.2) is 0 Å². The first kappa shape index (κ1) is 10.5. The zero-order chi connectivity index (χ0) is 11.7. The Morgan fingerprint density at radius 3 is 2.71 bits per heavy atom. The molecule has 0 amide bonds. The van der Waals surface area contributed by atoms with Crippen molar-refractivity contribution < 1.29 is 0 Å². The summed E-state index contributed by atoms with van der Waals surface area (Å²) in [6, 6.07) is 16.5. The van der Waals surface area contributed by atoms with Gasteiger partial charge < -0.3 is 0 Å². The van der Waals surface area contributed by atoms with Crippen LogP contribution in [0.15, 0.2) is 58.1 Å². The van der Waals surface area contributed by atoms with Gasteiger partial charge >= 0.3 is 0 Å². The molecule has 0 aliphatic carbocycles. The van der Waals surface area contributed by atoms with Crippen LogP contribution in [0, 0.1) is 0 Å². The summed E-state index contributed by atoms with van der Waals surface area (Å²) >= 11 is 3.50. The van der Waals surface area contributed by atoms with Gasteiger partial charge in [0.05, 0.1) is 18.4 Å². The average molecular weight is 287 g/mol. The Morgan fingerprint density at radius 1 is 1.06 bits per heavy atom. The maximum Gasteiger partial charge on any atom is 0.0673 e. The van der Waals surface area contributed by atoms with E-state index in [1.165, 1.54) is 11.1 Å². The molecule has 17 heavy (non-hydrogen) atoms. The van der Waals surface area contributed by atoms with Crippen LogP contribution in [0.1, 0.15) is 11.1 Å². The highest BCUT2D eigenvalue weighted by molar-refractivity contribution is 9.10. The van der Waals surface area contributed by atoms with E-state index in [0.29, 0.717) is 0 Å². The van der Waals surface area contributed by atoms with Gasteiger partial charge in [-0.3, -0.25) is 5.01 Å². The molecule has 0 spiro atoms. The minimum atomic E-state index is 0.815. The van der Waals surface area contributed by atoms with Crippen molar-refractivity contribution in [3.05, 3.63) is 64.1 Å². The Balaban J connectivity index is 1.95. The van der Waals surface area contributed by atoms with Gasteiger partial charge in [-0.2, -0.15) is 5.10 Å². The predicted molar refractivity (Wildman–Crippen MR) is 74.4 cm³/mol. The zero-order valence-electron chi connectivity index (χ0n) is 9.18. The number of hydrazone groups is 1. The smallest absolute Gasteiger partial charge is 0.0673 e. The summed E-state index contributed by atoms with van der Waals surface area (Å²) < 4.78 is 1.11. The highest BCUT2D eigenvalue weighted by atomic mass is 79.9.